The predicted molar refractivity (Wildman–Crippen MR) is 92.1 cm³/mol. The van der Waals surface area contributed by atoms with Gasteiger partial charge in [-0.05, 0) is 56.9 Å². The molecule has 1 heterocycles. The number of benzene rings is 1. The smallest absolute Gasteiger partial charge is 0.235 e. The van der Waals surface area contributed by atoms with E-state index in [1.54, 1.807) is 19.9 Å². The van der Waals surface area contributed by atoms with Gasteiger partial charge < -0.3 is 4.90 Å². The van der Waals surface area contributed by atoms with Crippen LogP contribution < -0.4 is 9.62 Å². The lowest BCUT2D eigenvalue weighted by atomic mass is 10.1. The lowest BCUT2D eigenvalue weighted by molar-refractivity contribution is -0.122. The second-order valence-electron chi connectivity index (χ2n) is 6.76. The van der Waals surface area contributed by atoms with Crippen molar-refractivity contribution in [1.82, 2.24) is 0 Å². The van der Waals surface area contributed by atoms with Crippen LogP contribution in [0.1, 0.15) is 45.1 Å². The average Bonchev–Trinajstić information content (AvgIpc) is 3.15. The van der Waals surface area contributed by atoms with Gasteiger partial charge >= 0.3 is 0 Å². The lowest BCUT2D eigenvalue weighted by Gasteiger charge is -2.21. The molecule has 0 unspecified atom stereocenters. The van der Waals surface area contributed by atoms with Crippen molar-refractivity contribution in [2.75, 3.05) is 16.2 Å². The minimum Gasteiger partial charge on any atom is -0.312 e. The second-order valence-corrected chi connectivity index (χ2v) is 9.00. The zero-order valence-electron chi connectivity index (χ0n) is 13.7. The number of amides is 1. The number of carbonyl (C=O) groups is 1. The summed E-state index contributed by atoms with van der Waals surface area (Å²) < 4.78 is 26.6. The monoisotopic (exact) mass is 336 g/mol. The average molecular weight is 336 g/mol. The van der Waals surface area contributed by atoms with Crippen molar-refractivity contribution in [1.29, 1.82) is 0 Å². The van der Waals surface area contributed by atoms with Crippen LogP contribution in [0.4, 0.5) is 11.4 Å². The summed E-state index contributed by atoms with van der Waals surface area (Å²) in [6.45, 7) is 4.00. The van der Waals surface area contributed by atoms with E-state index in [0.717, 1.165) is 43.4 Å². The molecule has 0 bridgehead atoms. The van der Waals surface area contributed by atoms with Gasteiger partial charge in [-0.15, -0.1) is 0 Å². The molecule has 1 fully saturated rings. The molecule has 1 aliphatic carbocycles. The number of hydrogen-bond acceptors (Lipinski definition) is 3. The quantitative estimate of drug-likeness (QED) is 0.919. The highest BCUT2D eigenvalue weighted by molar-refractivity contribution is 7.93. The minimum absolute atomic E-state index is 0.167. The van der Waals surface area contributed by atoms with E-state index in [4.69, 9.17) is 0 Å². The number of sulfonamides is 1. The fourth-order valence-corrected chi connectivity index (χ4v) is 4.06. The number of anilines is 2. The summed E-state index contributed by atoms with van der Waals surface area (Å²) in [5.41, 5.74) is 2.56. The van der Waals surface area contributed by atoms with Gasteiger partial charge in [-0.3, -0.25) is 9.52 Å². The van der Waals surface area contributed by atoms with Gasteiger partial charge in [0.15, 0.2) is 0 Å². The number of nitrogens with one attached hydrogen (secondary N) is 1. The molecular formula is C17H24N2O3S. The normalized spacial score (nSPS) is 18.5. The van der Waals surface area contributed by atoms with Crippen LogP contribution in [0.2, 0.25) is 0 Å². The van der Waals surface area contributed by atoms with Crippen LogP contribution in [-0.2, 0) is 21.2 Å². The van der Waals surface area contributed by atoms with Gasteiger partial charge in [0.2, 0.25) is 15.9 Å². The van der Waals surface area contributed by atoms with Crippen molar-refractivity contribution in [3.8, 4) is 0 Å². The molecule has 1 amide bonds. The van der Waals surface area contributed by atoms with Gasteiger partial charge in [0, 0.05) is 23.8 Å². The van der Waals surface area contributed by atoms with Crippen LogP contribution in [0.3, 0.4) is 0 Å². The summed E-state index contributed by atoms with van der Waals surface area (Å²) in [4.78, 5) is 14.5. The Morgan fingerprint density at radius 3 is 2.61 bits per heavy atom. The van der Waals surface area contributed by atoms with Crippen molar-refractivity contribution in [2.24, 2.45) is 5.92 Å². The zero-order valence-corrected chi connectivity index (χ0v) is 14.5. The maximum absolute atomic E-state index is 12.6. The highest BCUT2D eigenvalue weighted by atomic mass is 32.2. The maximum Gasteiger partial charge on any atom is 0.235 e. The minimum atomic E-state index is -3.34. The fourth-order valence-electron chi connectivity index (χ4n) is 3.37. The molecule has 3 rings (SSSR count). The Bertz CT molecular complexity index is 707. The first-order chi connectivity index (χ1) is 10.9. The van der Waals surface area contributed by atoms with E-state index < -0.39 is 15.3 Å². The van der Waals surface area contributed by atoms with E-state index in [1.807, 2.05) is 17.0 Å². The fraction of sp³-hybridized carbons (Fsp3) is 0.588. The largest absolute Gasteiger partial charge is 0.312 e. The predicted octanol–water partition coefficient (Wildman–Crippen LogP) is 2.92. The van der Waals surface area contributed by atoms with Crippen LogP contribution in [0.15, 0.2) is 18.2 Å². The lowest BCUT2D eigenvalue weighted by Crippen LogP contribution is -2.33. The molecule has 0 spiro atoms. The summed E-state index contributed by atoms with van der Waals surface area (Å²) in [5, 5.41) is -0.476. The molecule has 0 saturated heterocycles. The molecule has 2 aliphatic rings. The molecule has 1 saturated carbocycles. The van der Waals surface area contributed by atoms with Gasteiger partial charge in [0.05, 0.1) is 5.25 Å². The summed E-state index contributed by atoms with van der Waals surface area (Å²) in [7, 11) is -3.34. The van der Waals surface area contributed by atoms with Crippen LogP contribution >= 0.6 is 0 Å². The van der Waals surface area contributed by atoms with E-state index in [0.29, 0.717) is 12.2 Å². The molecule has 1 aromatic carbocycles. The molecule has 0 aromatic heterocycles. The van der Waals surface area contributed by atoms with E-state index in [1.165, 1.54) is 0 Å². The van der Waals surface area contributed by atoms with Crippen molar-refractivity contribution >= 4 is 27.3 Å². The Balaban J connectivity index is 1.79. The molecule has 0 atom stereocenters. The number of fused-ring (bicyclic) bond motifs is 1. The zero-order chi connectivity index (χ0) is 16.6. The van der Waals surface area contributed by atoms with E-state index >= 15 is 0 Å². The highest BCUT2D eigenvalue weighted by Gasteiger charge is 2.32. The van der Waals surface area contributed by atoms with Crippen molar-refractivity contribution in [3.63, 3.8) is 0 Å². The molecule has 1 N–H and O–H groups in total. The maximum atomic E-state index is 12.6. The third-order valence-electron chi connectivity index (χ3n) is 4.83. The first-order valence-electron chi connectivity index (χ1n) is 8.34. The van der Waals surface area contributed by atoms with E-state index in [2.05, 4.69) is 4.72 Å². The molecule has 6 heteroatoms. The third-order valence-corrected chi connectivity index (χ3v) is 6.59. The van der Waals surface area contributed by atoms with Gasteiger partial charge in [0.25, 0.3) is 0 Å². The summed E-state index contributed by atoms with van der Waals surface area (Å²) >= 11 is 0. The first kappa shape index (κ1) is 16.3. The van der Waals surface area contributed by atoms with Gasteiger partial charge in [-0.1, -0.05) is 12.8 Å². The highest BCUT2D eigenvalue weighted by Crippen LogP contribution is 2.35. The Hall–Kier alpha value is -1.56. The molecular weight excluding hydrogens is 312 g/mol. The number of hydrogen-bond donors (Lipinski definition) is 1. The first-order valence-corrected chi connectivity index (χ1v) is 9.89. The van der Waals surface area contributed by atoms with Crippen molar-refractivity contribution in [2.45, 2.75) is 51.2 Å². The molecule has 1 aromatic rings. The molecule has 1 aliphatic heterocycles. The molecule has 0 radical (unpaired) electrons. The standard InChI is InChI=1S/C17H24N2O3S/c1-12(2)23(21,22)18-15-7-8-16-14(11-15)9-10-19(16)17(20)13-5-3-4-6-13/h7-8,11-13,18H,3-6,9-10H2,1-2H3. The number of carbonyl (C=O) groups excluding carboxylic acids is 1. The van der Waals surface area contributed by atoms with Crippen molar-refractivity contribution < 1.29 is 13.2 Å². The number of nitrogens with zero attached hydrogens (tertiary/aromatic N) is 1. The Morgan fingerprint density at radius 2 is 1.96 bits per heavy atom. The molecule has 126 valence electrons. The van der Waals surface area contributed by atoms with E-state index in [9.17, 15) is 13.2 Å². The topological polar surface area (TPSA) is 66.5 Å². The van der Waals surface area contributed by atoms with Crippen LogP contribution in [0.25, 0.3) is 0 Å². The third kappa shape index (κ3) is 3.22. The molecule has 23 heavy (non-hydrogen) atoms. The van der Waals surface area contributed by atoms with Crippen LogP contribution in [-0.4, -0.2) is 26.1 Å². The Kier molecular flexibility index (Phi) is 4.36. The van der Waals surface area contributed by atoms with Gasteiger partial charge in [-0.25, -0.2) is 8.42 Å². The summed E-state index contributed by atoms with van der Waals surface area (Å²) in [6.07, 6.45) is 5.07. The van der Waals surface area contributed by atoms with Gasteiger partial charge in [-0.2, -0.15) is 0 Å². The summed E-state index contributed by atoms with van der Waals surface area (Å²) in [6, 6.07) is 5.48. The van der Waals surface area contributed by atoms with Crippen LogP contribution in [0.5, 0.6) is 0 Å². The molecule has 5 nitrogen and oxygen atoms in total. The SMILES string of the molecule is CC(C)S(=O)(=O)Nc1ccc2c(c1)CCN2C(=O)C1CCCC1. The van der Waals surface area contributed by atoms with E-state index in [-0.39, 0.29) is 11.8 Å². The number of rotatable bonds is 4. The van der Waals surface area contributed by atoms with Crippen molar-refractivity contribution in [3.05, 3.63) is 23.8 Å². The Morgan fingerprint density at radius 1 is 1.26 bits per heavy atom. The van der Waals surface area contributed by atoms with Gasteiger partial charge in [0.1, 0.15) is 0 Å². The van der Waals surface area contributed by atoms with Crippen LogP contribution in [0, 0.1) is 5.92 Å². The summed E-state index contributed by atoms with van der Waals surface area (Å²) in [5.74, 6) is 0.400. The second kappa shape index (κ2) is 6.15. The Labute approximate surface area is 138 Å².